The Morgan fingerprint density at radius 3 is 2.57 bits per heavy atom. The molecule has 1 heterocycles. The number of ether oxygens (including phenoxy) is 2. The third-order valence-corrected chi connectivity index (χ3v) is 4.34. The Bertz CT molecular complexity index is 902. The van der Waals surface area contributed by atoms with Crippen LogP contribution in [0.2, 0.25) is 0 Å². The molecule has 0 radical (unpaired) electrons. The second-order valence-electron chi connectivity index (χ2n) is 5.74. The minimum atomic E-state index is -1.11. The average Bonchev–Trinajstić information content (AvgIpc) is 2.65. The van der Waals surface area contributed by atoms with Crippen LogP contribution in [-0.4, -0.2) is 40.5 Å². The van der Waals surface area contributed by atoms with Crippen molar-refractivity contribution in [3.05, 3.63) is 55.7 Å². The summed E-state index contributed by atoms with van der Waals surface area (Å²) in [5.41, 5.74) is 0.139. The molecule has 0 spiro atoms. The summed E-state index contributed by atoms with van der Waals surface area (Å²) in [5.74, 6) is -0.618. The molecule has 0 saturated carbocycles. The number of pyridine rings is 1. The molecule has 2 rings (SSSR count). The van der Waals surface area contributed by atoms with Crippen molar-refractivity contribution in [3.8, 4) is 11.6 Å². The normalized spacial score (nSPS) is 10.4. The van der Waals surface area contributed by atoms with Crippen molar-refractivity contribution in [2.45, 2.75) is 19.8 Å². The van der Waals surface area contributed by atoms with Gasteiger partial charge >= 0.3 is 5.97 Å². The monoisotopic (exact) mass is 452 g/mol. The van der Waals surface area contributed by atoms with Gasteiger partial charge in [-0.2, -0.15) is 0 Å². The molecule has 0 atom stereocenters. The zero-order valence-electron chi connectivity index (χ0n) is 14.9. The summed E-state index contributed by atoms with van der Waals surface area (Å²) < 4.78 is 11.4. The lowest BCUT2D eigenvalue weighted by atomic mass is 10.2. The third kappa shape index (κ3) is 5.49. The fraction of sp³-hybridized carbons (Fsp3) is 0.278. The highest BCUT2D eigenvalue weighted by Crippen LogP contribution is 2.32. The molecule has 0 saturated heterocycles. The van der Waals surface area contributed by atoms with Crippen molar-refractivity contribution >= 4 is 33.9 Å². The maximum atomic E-state index is 11.1. The Kier molecular flexibility index (Phi) is 7.44. The van der Waals surface area contributed by atoms with E-state index in [0.717, 1.165) is 0 Å². The molecule has 10 heteroatoms. The SMILES string of the molecule is Cc1ccc(OCCCCOc2cc([N+](=O)[O-])c(C=O)cc2Br)nc1C(=O)O. The molecule has 1 N–H and O–H groups in total. The number of nitrogens with zero attached hydrogens (tertiary/aromatic N) is 2. The van der Waals surface area contributed by atoms with Gasteiger partial charge in [-0.1, -0.05) is 6.07 Å². The summed E-state index contributed by atoms with van der Waals surface area (Å²) in [7, 11) is 0. The van der Waals surface area contributed by atoms with E-state index in [4.69, 9.17) is 14.6 Å². The number of halogens is 1. The number of nitro groups is 1. The number of benzene rings is 1. The quantitative estimate of drug-likeness (QED) is 0.249. The Balaban J connectivity index is 1.83. The highest BCUT2D eigenvalue weighted by Gasteiger charge is 2.17. The molecule has 28 heavy (non-hydrogen) atoms. The van der Waals surface area contributed by atoms with Crippen LogP contribution in [0.1, 0.15) is 39.3 Å². The Hall–Kier alpha value is -3.01. The number of aryl methyl sites for hydroxylation is 1. The molecule has 0 bridgehead atoms. The first-order valence-electron chi connectivity index (χ1n) is 8.23. The van der Waals surface area contributed by atoms with Crippen molar-refractivity contribution in [1.29, 1.82) is 0 Å². The van der Waals surface area contributed by atoms with Crippen molar-refractivity contribution in [2.24, 2.45) is 0 Å². The van der Waals surface area contributed by atoms with Gasteiger partial charge in [-0.3, -0.25) is 14.9 Å². The molecule has 0 unspecified atom stereocenters. The lowest BCUT2D eigenvalue weighted by molar-refractivity contribution is -0.385. The Morgan fingerprint density at radius 2 is 1.96 bits per heavy atom. The van der Waals surface area contributed by atoms with Gasteiger partial charge in [0.25, 0.3) is 5.69 Å². The summed E-state index contributed by atoms with van der Waals surface area (Å²) in [4.78, 5) is 36.3. The number of aromatic carboxylic acids is 1. The number of carbonyl (C=O) groups excluding carboxylic acids is 1. The molecule has 2 aromatic rings. The summed E-state index contributed by atoms with van der Waals surface area (Å²) in [6.45, 7) is 2.24. The first kappa shape index (κ1) is 21.3. The van der Waals surface area contributed by atoms with Crippen LogP contribution in [-0.2, 0) is 0 Å². The van der Waals surface area contributed by atoms with Crippen LogP contribution in [0.15, 0.2) is 28.7 Å². The van der Waals surface area contributed by atoms with Crippen molar-refractivity contribution in [1.82, 2.24) is 4.98 Å². The molecule has 1 aromatic heterocycles. The Morgan fingerprint density at radius 1 is 1.29 bits per heavy atom. The van der Waals surface area contributed by atoms with Crippen LogP contribution in [0.3, 0.4) is 0 Å². The van der Waals surface area contributed by atoms with E-state index in [1.807, 2.05) is 0 Å². The predicted molar refractivity (Wildman–Crippen MR) is 102 cm³/mol. The van der Waals surface area contributed by atoms with Gasteiger partial charge in [-0.25, -0.2) is 9.78 Å². The van der Waals surface area contributed by atoms with Crippen molar-refractivity contribution in [3.63, 3.8) is 0 Å². The van der Waals surface area contributed by atoms with E-state index in [1.165, 1.54) is 12.1 Å². The number of unbranched alkanes of at least 4 members (excludes halogenated alkanes) is 1. The number of hydrogen-bond donors (Lipinski definition) is 1. The molecule has 0 aliphatic carbocycles. The van der Waals surface area contributed by atoms with Gasteiger partial charge in [0, 0.05) is 6.07 Å². The highest BCUT2D eigenvalue weighted by molar-refractivity contribution is 9.10. The van der Waals surface area contributed by atoms with Gasteiger partial charge in [0.05, 0.1) is 34.2 Å². The molecule has 0 aliphatic rings. The zero-order valence-corrected chi connectivity index (χ0v) is 16.5. The van der Waals surface area contributed by atoms with Gasteiger partial charge in [0.1, 0.15) is 5.75 Å². The van der Waals surface area contributed by atoms with E-state index in [2.05, 4.69) is 20.9 Å². The number of aromatic nitrogens is 1. The van der Waals surface area contributed by atoms with Crippen LogP contribution in [0.5, 0.6) is 11.6 Å². The fourth-order valence-electron chi connectivity index (χ4n) is 2.29. The van der Waals surface area contributed by atoms with Crippen molar-refractivity contribution in [2.75, 3.05) is 13.2 Å². The smallest absolute Gasteiger partial charge is 0.354 e. The molecule has 1 aromatic carbocycles. The van der Waals surface area contributed by atoms with Crippen LogP contribution < -0.4 is 9.47 Å². The van der Waals surface area contributed by atoms with E-state index in [9.17, 15) is 19.7 Å². The van der Waals surface area contributed by atoms with Crippen LogP contribution >= 0.6 is 15.9 Å². The van der Waals surface area contributed by atoms with Gasteiger partial charge < -0.3 is 14.6 Å². The molecule has 0 amide bonds. The number of rotatable bonds is 10. The average molecular weight is 453 g/mol. The zero-order chi connectivity index (χ0) is 20.7. The van der Waals surface area contributed by atoms with Gasteiger partial charge in [-0.15, -0.1) is 0 Å². The number of nitro benzene ring substituents is 1. The van der Waals surface area contributed by atoms with Gasteiger partial charge in [-0.05, 0) is 47.3 Å². The minimum absolute atomic E-state index is 0.0380. The lowest BCUT2D eigenvalue weighted by Crippen LogP contribution is -2.07. The summed E-state index contributed by atoms with van der Waals surface area (Å²) in [5, 5.41) is 20.0. The number of carbonyl (C=O) groups is 2. The number of hydrogen-bond acceptors (Lipinski definition) is 7. The second kappa shape index (κ2) is 9.79. The Labute approximate surface area is 168 Å². The largest absolute Gasteiger partial charge is 0.492 e. The first-order valence-corrected chi connectivity index (χ1v) is 9.02. The summed E-state index contributed by atoms with van der Waals surface area (Å²) in [6, 6.07) is 5.77. The molecular weight excluding hydrogens is 436 g/mol. The number of carboxylic acid groups (broad SMARTS) is 1. The predicted octanol–water partition coefficient (Wildman–Crippen LogP) is 3.81. The van der Waals surface area contributed by atoms with Crippen LogP contribution in [0.25, 0.3) is 0 Å². The lowest BCUT2D eigenvalue weighted by Gasteiger charge is -2.10. The van der Waals surface area contributed by atoms with Crippen LogP contribution in [0, 0.1) is 17.0 Å². The van der Waals surface area contributed by atoms with Crippen LogP contribution in [0.4, 0.5) is 5.69 Å². The number of aldehydes is 1. The minimum Gasteiger partial charge on any atom is -0.492 e. The molecule has 0 fully saturated rings. The second-order valence-corrected chi connectivity index (χ2v) is 6.59. The maximum Gasteiger partial charge on any atom is 0.354 e. The first-order chi connectivity index (χ1) is 13.3. The maximum absolute atomic E-state index is 11.1. The topological polar surface area (TPSA) is 129 Å². The fourth-order valence-corrected chi connectivity index (χ4v) is 2.77. The molecular formula is C18H17BrN2O7. The molecule has 9 nitrogen and oxygen atoms in total. The van der Waals surface area contributed by atoms with E-state index < -0.39 is 10.9 Å². The standard InChI is InChI=1S/C18H17BrN2O7/c1-11-4-5-16(20-17(11)18(23)24)28-7-3-2-6-27-15-9-14(21(25)26)12(10-22)8-13(15)19/h4-5,8-10H,2-3,6-7H2,1H3,(H,23,24). The van der Waals surface area contributed by atoms with E-state index >= 15 is 0 Å². The summed E-state index contributed by atoms with van der Waals surface area (Å²) in [6.07, 6.45) is 1.61. The van der Waals surface area contributed by atoms with E-state index in [-0.39, 0.29) is 35.2 Å². The van der Waals surface area contributed by atoms with E-state index in [1.54, 1.807) is 19.1 Å². The van der Waals surface area contributed by atoms with E-state index in [0.29, 0.717) is 35.8 Å². The van der Waals surface area contributed by atoms with Gasteiger partial charge in [0.2, 0.25) is 5.88 Å². The molecule has 0 aliphatic heterocycles. The summed E-state index contributed by atoms with van der Waals surface area (Å²) >= 11 is 3.22. The molecule has 148 valence electrons. The third-order valence-electron chi connectivity index (χ3n) is 3.73. The number of carboxylic acids is 1. The van der Waals surface area contributed by atoms with Crippen molar-refractivity contribution < 1.29 is 29.1 Å². The highest BCUT2D eigenvalue weighted by atomic mass is 79.9. The van der Waals surface area contributed by atoms with Gasteiger partial charge in [0.15, 0.2) is 12.0 Å².